The quantitative estimate of drug-likeness (QED) is 0.554. The fourth-order valence-electron chi connectivity index (χ4n) is 3.61. The molecule has 5 heteroatoms. The highest BCUT2D eigenvalue weighted by molar-refractivity contribution is 5.67. The van der Waals surface area contributed by atoms with E-state index in [4.69, 9.17) is 9.47 Å². The van der Waals surface area contributed by atoms with Crippen molar-refractivity contribution in [3.63, 3.8) is 0 Å². The number of hydrogen-bond donors (Lipinski definition) is 1. The largest absolute Gasteiger partial charge is 0.489 e. The molecule has 1 aliphatic carbocycles. The van der Waals surface area contributed by atoms with Crippen LogP contribution in [-0.2, 0) is 11.3 Å². The van der Waals surface area contributed by atoms with Crippen molar-refractivity contribution in [2.75, 3.05) is 18.0 Å². The van der Waals surface area contributed by atoms with Crippen LogP contribution in [-0.4, -0.2) is 30.8 Å². The first-order valence-corrected chi connectivity index (χ1v) is 11.1. The number of hydrogen-bond acceptors (Lipinski definition) is 4. The third kappa shape index (κ3) is 7.67. The Morgan fingerprint density at radius 3 is 2.48 bits per heavy atom. The fraction of sp³-hybridized carbons (Fsp3) is 0.423. The Morgan fingerprint density at radius 2 is 1.84 bits per heavy atom. The SMILES string of the molecule is CC(C)(C)OC(=O)NCCN(c1ccc(OCc2ccccc2)cc1)C1C=CCCC1. The molecular formula is C26H34N2O3. The molecule has 0 saturated carbocycles. The molecule has 0 spiro atoms. The van der Waals surface area contributed by atoms with E-state index in [0.29, 0.717) is 25.7 Å². The maximum Gasteiger partial charge on any atom is 0.407 e. The smallest absolute Gasteiger partial charge is 0.407 e. The lowest BCUT2D eigenvalue weighted by Crippen LogP contribution is -2.42. The summed E-state index contributed by atoms with van der Waals surface area (Å²) >= 11 is 0. The van der Waals surface area contributed by atoms with Crippen LogP contribution in [0, 0.1) is 0 Å². The zero-order valence-corrected chi connectivity index (χ0v) is 18.8. The summed E-state index contributed by atoms with van der Waals surface area (Å²) in [6.45, 7) is 7.38. The Bertz CT molecular complexity index is 841. The van der Waals surface area contributed by atoms with E-state index in [9.17, 15) is 4.79 Å². The molecule has 0 bridgehead atoms. The van der Waals surface area contributed by atoms with Gasteiger partial charge in [0, 0.05) is 24.8 Å². The summed E-state index contributed by atoms with van der Waals surface area (Å²) in [5.41, 5.74) is 1.77. The summed E-state index contributed by atoms with van der Waals surface area (Å²) in [7, 11) is 0. The summed E-state index contributed by atoms with van der Waals surface area (Å²) in [4.78, 5) is 14.3. The van der Waals surface area contributed by atoms with Crippen molar-refractivity contribution in [2.45, 2.75) is 58.3 Å². The summed E-state index contributed by atoms with van der Waals surface area (Å²) in [6.07, 6.45) is 7.56. The van der Waals surface area contributed by atoms with E-state index in [-0.39, 0.29) is 6.09 Å². The topological polar surface area (TPSA) is 50.8 Å². The molecule has 0 fully saturated rings. The van der Waals surface area contributed by atoms with Gasteiger partial charge >= 0.3 is 6.09 Å². The normalized spacial score (nSPS) is 15.9. The van der Waals surface area contributed by atoms with Crippen molar-refractivity contribution in [1.82, 2.24) is 5.32 Å². The van der Waals surface area contributed by atoms with Crippen LogP contribution in [0.15, 0.2) is 66.7 Å². The van der Waals surface area contributed by atoms with Gasteiger partial charge in [-0.05, 0) is 69.9 Å². The van der Waals surface area contributed by atoms with Gasteiger partial charge in [0.1, 0.15) is 18.0 Å². The van der Waals surface area contributed by atoms with Crippen molar-refractivity contribution in [2.24, 2.45) is 0 Å². The molecule has 1 amide bonds. The molecule has 3 rings (SSSR count). The number of alkyl carbamates (subject to hydrolysis) is 1. The Morgan fingerprint density at radius 1 is 1.10 bits per heavy atom. The van der Waals surface area contributed by atoms with Crippen LogP contribution in [0.2, 0.25) is 0 Å². The second-order valence-corrected chi connectivity index (χ2v) is 8.82. The number of rotatable bonds is 8. The van der Waals surface area contributed by atoms with Gasteiger partial charge in [-0.2, -0.15) is 0 Å². The van der Waals surface area contributed by atoms with E-state index in [1.54, 1.807) is 0 Å². The molecule has 166 valence electrons. The number of amides is 1. The maximum absolute atomic E-state index is 12.0. The Labute approximate surface area is 186 Å². The Kier molecular flexibility index (Phi) is 7.99. The van der Waals surface area contributed by atoms with Gasteiger partial charge in [0.2, 0.25) is 0 Å². The average Bonchev–Trinajstić information content (AvgIpc) is 2.76. The van der Waals surface area contributed by atoms with E-state index >= 15 is 0 Å². The molecule has 0 aliphatic heterocycles. The lowest BCUT2D eigenvalue weighted by Gasteiger charge is -2.34. The first kappa shape index (κ1) is 22.7. The molecule has 31 heavy (non-hydrogen) atoms. The molecule has 0 aromatic heterocycles. The summed E-state index contributed by atoms with van der Waals surface area (Å²) in [5.74, 6) is 0.846. The summed E-state index contributed by atoms with van der Waals surface area (Å²) in [6, 6.07) is 18.7. The van der Waals surface area contributed by atoms with Crippen molar-refractivity contribution >= 4 is 11.8 Å². The van der Waals surface area contributed by atoms with Crippen LogP contribution in [0.4, 0.5) is 10.5 Å². The van der Waals surface area contributed by atoms with Gasteiger partial charge in [0.25, 0.3) is 0 Å². The number of allylic oxidation sites excluding steroid dienone is 1. The molecule has 1 aliphatic rings. The third-order valence-corrected chi connectivity index (χ3v) is 5.07. The highest BCUT2D eigenvalue weighted by Gasteiger charge is 2.20. The van der Waals surface area contributed by atoms with E-state index in [1.807, 2.05) is 51.1 Å². The molecule has 5 nitrogen and oxygen atoms in total. The minimum atomic E-state index is -0.495. The summed E-state index contributed by atoms with van der Waals surface area (Å²) in [5, 5.41) is 2.88. The van der Waals surface area contributed by atoms with Crippen LogP contribution in [0.5, 0.6) is 5.75 Å². The highest BCUT2D eigenvalue weighted by atomic mass is 16.6. The van der Waals surface area contributed by atoms with E-state index in [1.165, 1.54) is 6.42 Å². The Hall–Kier alpha value is -2.95. The van der Waals surface area contributed by atoms with E-state index < -0.39 is 5.60 Å². The van der Waals surface area contributed by atoms with Gasteiger partial charge in [-0.1, -0.05) is 42.5 Å². The number of anilines is 1. The van der Waals surface area contributed by atoms with Crippen molar-refractivity contribution < 1.29 is 14.3 Å². The maximum atomic E-state index is 12.0. The minimum absolute atomic E-state index is 0.324. The molecule has 0 saturated heterocycles. The van der Waals surface area contributed by atoms with Crippen molar-refractivity contribution in [3.8, 4) is 5.75 Å². The number of ether oxygens (including phenoxy) is 2. The predicted octanol–water partition coefficient (Wildman–Crippen LogP) is 5.71. The molecular weight excluding hydrogens is 388 g/mol. The molecule has 2 aromatic rings. The van der Waals surface area contributed by atoms with Gasteiger partial charge in [-0.25, -0.2) is 4.79 Å². The van der Waals surface area contributed by atoms with Gasteiger partial charge in [0.05, 0.1) is 0 Å². The first-order chi connectivity index (χ1) is 14.9. The summed E-state index contributed by atoms with van der Waals surface area (Å²) < 4.78 is 11.3. The van der Waals surface area contributed by atoms with Gasteiger partial charge in [-0.15, -0.1) is 0 Å². The zero-order chi connectivity index (χ0) is 22.1. The number of benzene rings is 2. The lowest BCUT2D eigenvalue weighted by atomic mass is 10.0. The number of nitrogens with one attached hydrogen (secondary N) is 1. The van der Waals surface area contributed by atoms with Gasteiger partial charge in [-0.3, -0.25) is 0 Å². The standard InChI is InChI=1S/C26H34N2O3/c1-26(2,3)31-25(29)27-18-19-28(22-12-8-5-9-13-22)23-14-16-24(17-15-23)30-20-21-10-6-4-7-11-21/h4,6-8,10-12,14-17,22H,5,9,13,18-20H2,1-3H3,(H,27,29). The predicted molar refractivity (Wildman–Crippen MR) is 126 cm³/mol. The van der Waals surface area contributed by atoms with Crippen LogP contribution < -0.4 is 15.0 Å². The average molecular weight is 423 g/mol. The molecule has 0 radical (unpaired) electrons. The highest BCUT2D eigenvalue weighted by Crippen LogP contribution is 2.26. The van der Waals surface area contributed by atoms with E-state index in [2.05, 4.69) is 46.6 Å². The molecule has 1 atom stereocenters. The fourth-order valence-corrected chi connectivity index (χ4v) is 3.61. The van der Waals surface area contributed by atoms with Gasteiger partial charge < -0.3 is 19.7 Å². The van der Waals surface area contributed by atoms with Crippen molar-refractivity contribution in [1.29, 1.82) is 0 Å². The third-order valence-electron chi connectivity index (χ3n) is 5.07. The van der Waals surface area contributed by atoms with Crippen LogP contribution in [0.3, 0.4) is 0 Å². The number of carbonyl (C=O) groups excluding carboxylic acids is 1. The lowest BCUT2D eigenvalue weighted by molar-refractivity contribution is 0.0529. The minimum Gasteiger partial charge on any atom is -0.489 e. The second kappa shape index (κ2) is 10.9. The Balaban J connectivity index is 1.61. The van der Waals surface area contributed by atoms with Crippen molar-refractivity contribution in [3.05, 3.63) is 72.3 Å². The zero-order valence-electron chi connectivity index (χ0n) is 18.8. The number of carbonyl (C=O) groups is 1. The monoisotopic (exact) mass is 422 g/mol. The molecule has 1 N–H and O–H groups in total. The molecule has 1 unspecified atom stereocenters. The molecule has 0 heterocycles. The first-order valence-electron chi connectivity index (χ1n) is 11.1. The van der Waals surface area contributed by atoms with Crippen LogP contribution in [0.25, 0.3) is 0 Å². The molecule has 2 aromatic carbocycles. The second-order valence-electron chi connectivity index (χ2n) is 8.82. The van der Waals surface area contributed by atoms with E-state index in [0.717, 1.165) is 29.8 Å². The number of nitrogens with zero attached hydrogens (tertiary/aromatic N) is 1. The van der Waals surface area contributed by atoms with Crippen LogP contribution >= 0.6 is 0 Å². The van der Waals surface area contributed by atoms with Gasteiger partial charge in [0.15, 0.2) is 0 Å². The van der Waals surface area contributed by atoms with Crippen LogP contribution in [0.1, 0.15) is 45.6 Å².